The Hall–Kier alpha value is -3.88. The highest BCUT2D eigenvalue weighted by molar-refractivity contribution is 7.21. The van der Waals surface area contributed by atoms with E-state index in [9.17, 15) is 14.7 Å². The van der Waals surface area contributed by atoms with E-state index in [1.807, 2.05) is 24.3 Å². The Morgan fingerprint density at radius 3 is 2.55 bits per heavy atom. The number of fused-ring (bicyclic) bond motifs is 1. The van der Waals surface area contributed by atoms with Crippen LogP contribution >= 0.6 is 22.9 Å². The fourth-order valence-corrected chi connectivity index (χ4v) is 4.37. The number of hydrogen-bond acceptors (Lipinski definition) is 7. The Bertz CT molecular complexity index is 1370. The number of nitrogens with zero attached hydrogens (tertiary/aromatic N) is 1. The molecule has 0 aliphatic heterocycles. The predicted molar refractivity (Wildman–Crippen MR) is 128 cm³/mol. The lowest BCUT2D eigenvalue weighted by Crippen LogP contribution is -2.17. The molecule has 0 aliphatic carbocycles. The number of halogens is 1. The third-order valence-corrected chi connectivity index (χ3v) is 6.28. The number of nitrogens with one attached hydrogen (secondary N) is 1. The van der Waals surface area contributed by atoms with E-state index in [0.717, 1.165) is 10.1 Å². The molecule has 1 heterocycles. The second kappa shape index (κ2) is 9.72. The van der Waals surface area contributed by atoms with Crippen molar-refractivity contribution in [3.8, 4) is 17.2 Å². The van der Waals surface area contributed by atoms with Gasteiger partial charge in [-0.2, -0.15) is 5.10 Å². The van der Waals surface area contributed by atoms with E-state index in [1.165, 1.54) is 48.9 Å². The van der Waals surface area contributed by atoms with E-state index in [2.05, 4.69) is 10.5 Å². The number of benzene rings is 3. The first kappa shape index (κ1) is 22.3. The molecule has 0 unspecified atom stereocenters. The first-order chi connectivity index (χ1) is 16.0. The molecule has 1 amide bonds. The minimum atomic E-state index is -0.581. The van der Waals surface area contributed by atoms with Crippen molar-refractivity contribution in [1.82, 2.24) is 5.43 Å². The molecule has 0 bridgehead atoms. The van der Waals surface area contributed by atoms with Crippen molar-refractivity contribution in [1.29, 1.82) is 0 Å². The van der Waals surface area contributed by atoms with Crippen molar-refractivity contribution >= 4 is 51.1 Å². The molecule has 0 fully saturated rings. The Morgan fingerprint density at radius 1 is 1.06 bits per heavy atom. The van der Waals surface area contributed by atoms with Gasteiger partial charge in [-0.05, 0) is 54.1 Å². The number of aromatic hydroxyl groups is 1. The van der Waals surface area contributed by atoms with Crippen LogP contribution in [0.5, 0.6) is 17.2 Å². The zero-order chi connectivity index (χ0) is 23.4. The van der Waals surface area contributed by atoms with Crippen LogP contribution in [0.3, 0.4) is 0 Å². The molecule has 0 aliphatic rings. The van der Waals surface area contributed by atoms with Gasteiger partial charge >= 0.3 is 5.97 Å². The zero-order valence-electron chi connectivity index (χ0n) is 17.2. The average molecular weight is 481 g/mol. The summed E-state index contributed by atoms with van der Waals surface area (Å²) in [5.74, 6) is -0.403. The monoisotopic (exact) mass is 480 g/mol. The number of esters is 1. The number of thiophene rings is 1. The minimum absolute atomic E-state index is 0.0672. The second-order valence-electron chi connectivity index (χ2n) is 6.79. The summed E-state index contributed by atoms with van der Waals surface area (Å²) < 4.78 is 11.8. The molecule has 3 aromatic carbocycles. The first-order valence-corrected chi connectivity index (χ1v) is 10.9. The van der Waals surface area contributed by atoms with Crippen LogP contribution in [0.25, 0.3) is 10.1 Å². The Balaban J connectivity index is 1.46. The second-order valence-corrected chi connectivity index (χ2v) is 8.22. The molecule has 0 saturated carbocycles. The molecular formula is C24H17ClN2O5S. The molecule has 9 heteroatoms. The number of carbonyl (C=O) groups is 2. The number of phenolic OH excluding ortho intramolecular Hbond substituents is 1. The molecule has 1 aromatic heterocycles. The molecule has 2 N–H and O–H groups in total. The van der Waals surface area contributed by atoms with Crippen molar-refractivity contribution < 1.29 is 24.2 Å². The van der Waals surface area contributed by atoms with Gasteiger partial charge in [-0.3, -0.25) is 4.79 Å². The maximum Gasteiger partial charge on any atom is 0.355 e. The van der Waals surface area contributed by atoms with E-state index in [-0.39, 0.29) is 11.5 Å². The number of hydrazone groups is 1. The quantitative estimate of drug-likeness (QED) is 0.170. The van der Waals surface area contributed by atoms with Gasteiger partial charge in [-0.15, -0.1) is 11.3 Å². The third kappa shape index (κ3) is 4.97. The van der Waals surface area contributed by atoms with E-state index in [1.54, 1.807) is 18.2 Å². The van der Waals surface area contributed by atoms with Crippen LogP contribution in [0.2, 0.25) is 5.02 Å². The van der Waals surface area contributed by atoms with Gasteiger partial charge in [0.25, 0.3) is 5.91 Å². The van der Waals surface area contributed by atoms with Crippen LogP contribution in [0, 0.1) is 0 Å². The van der Waals surface area contributed by atoms with Crippen LogP contribution in [0.4, 0.5) is 0 Å². The summed E-state index contributed by atoms with van der Waals surface area (Å²) in [5, 5.41) is 14.4. The number of phenols is 1. The molecule has 4 rings (SSSR count). The summed E-state index contributed by atoms with van der Waals surface area (Å²) in [6.45, 7) is 0. The van der Waals surface area contributed by atoms with Crippen LogP contribution in [0.1, 0.15) is 25.6 Å². The van der Waals surface area contributed by atoms with Crippen molar-refractivity contribution in [2.24, 2.45) is 5.10 Å². The summed E-state index contributed by atoms with van der Waals surface area (Å²) in [5.41, 5.74) is 3.36. The van der Waals surface area contributed by atoms with E-state index in [0.29, 0.717) is 26.8 Å². The third-order valence-electron chi connectivity index (χ3n) is 4.62. The highest BCUT2D eigenvalue weighted by Gasteiger charge is 2.20. The fourth-order valence-electron chi connectivity index (χ4n) is 2.98. The Labute approximate surface area is 197 Å². The maximum absolute atomic E-state index is 12.7. The molecular weight excluding hydrogens is 464 g/mol. The van der Waals surface area contributed by atoms with Crippen LogP contribution in [-0.4, -0.2) is 30.3 Å². The molecule has 4 aromatic rings. The van der Waals surface area contributed by atoms with Gasteiger partial charge in [0, 0.05) is 15.6 Å². The smallest absolute Gasteiger partial charge is 0.355 e. The molecule has 33 heavy (non-hydrogen) atoms. The number of amides is 1. The Kier molecular flexibility index (Phi) is 6.58. The largest absolute Gasteiger partial charge is 0.508 e. The first-order valence-electron chi connectivity index (χ1n) is 9.66. The standard InChI is InChI=1S/C24H17ClN2O5S/c1-31-19-12-14(13-26-27-23(29)15-7-9-16(28)10-8-15)6-11-18(19)32-24(30)22-21(25)17-4-2-3-5-20(17)33-22/h2-13,28H,1H3,(H,27,29)/b26-13+. The van der Waals surface area contributed by atoms with Crippen LogP contribution < -0.4 is 14.9 Å². The van der Waals surface area contributed by atoms with Gasteiger partial charge in [0.05, 0.1) is 18.3 Å². The summed E-state index contributed by atoms with van der Waals surface area (Å²) in [6.07, 6.45) is 1.43. The number of hydrogen-bond donors (Lipinski definition) is 2. The lowest BCUT2D eigenvalue weighted by Gasteiger charge is -2.09. The molecule has 166 valence electrons. The lowest BCUT2D eigenvalue weighted by atomic mass is 10.2. The maximum atomic E-state index is 12.7. The molecule has 0 atom stereocenters. The van der Waals surface area contributed by atoms with E-state index >= 15 is 0 Å². The summed E-state index contributed by atoms with van der Waals surface area (Å²) in [4.78, 5) is 25.1. The number of ether oxygens (including phenoxy) is 2. The van der Waals surface area contributed by atoms with Crippen LogP contribution in [-0.2, 0) is 0 Å². The number of rotatable bonds is 6. The van der Waals surface area contributed by atoms with Gasteiger partial charge in [0.15, 0.2) is 11.5 Å². The molecule has 0 radical (unpaired) electrons. The molecule has 7 nitrogen and oxygen atoms in total. The molecule has 0 spiro atoms. The van der Waals surface area contributed by atoms with Crippen molar-refractivity contribution in [3.63, 3.8) is 0 Å². The summed E-state index contributed by atoms with van der Waals surface area (Å²) >= 11 is 7.62. The average Bonchev–Trinajstić information content (AvgIpc) is 3.17. The van der Waals surface area contributed by atoms with Crippen LogP contribution in [0.15, 0.2) is 71.8 Å². The predicted octanol–water partition coefficient (Wildman–Crippen LogP) is 5.25. The zero-order valence-corrected chi connectivity index (χ0v) is 18.8. The summed E-state index contributed by atoms with van der Waals surface area (Å²) in [7, 11) is 1.45. The highest BCUT2D eigenvalue weighted by Crippen LogP contribution is 2.37. The SMILES string of the molecule is COc1cc(/C=N/NC(=O)c2ccc(O)cc2)ccc1OC(=O)c1sc2ccccc2c1Cl. The lowest BCUT2D eigenvalue weighted by molar-refractivity contribution is 0.0734. The van der Waals surface area contributed by atoms with Gasteiger partial charge < -0.3 is 14.6 Å². The van der Waals surface area contributed by atoms with Crippen molar-refractivity contribution in [3.05, 3.63) is 87.8 Å². The van der Waals surface area contributed by atoms with Gasteiger partial charge in [0.2, 0.25) is 0 Å². The minimum Gasteiger partial charge on any atom is -0.508 e. The fraction of sp³-hybridized carbons (Fsp3) is 0.0417. The van der Waals surface area contributed by atoms with Crippen molar-refractivity contribution in [2.75, 3.05) is 7.11 Å². The number of carbonyl (C=O) groups excluding carboxylic acids is 2. The molecule has 0 saturated heterocycles. The van der Waals surface area contributed by atoms with E-state index in [4.69, 9.17) is 21.1 Å². The Morgan fingerprint density at radius 2 is 1.82 bits per heavy atom. The normalized spacial score (nSPS) is 11.0. The van der Waals surface area contributed by atoms with Crippen molar-refractivity contribution in [2.45, 2.75) is 0 Å². The van der Waals surface area contributed by atoms with Gasteiger partial charge in [-0.25, -0.2) is 10.2 Å². The van der Waals surface area contributed by atoms with Gasteiger partial charge in [-0.1, -0.05) is 29.8 Å². The van der Waals surface area contributed by atoms with Gasteiger partial charge in [0.1, 0.15) is 10.6 Å². The highest BCUT2D eigenvalue weighted by atomic mass is 35.5. The summed E-state index contributed by atoms with van der Waals surface area (Å²) in [6, 6.07) is 18.1. The topological polar surface area (TPSA) is 97.2 Å². The van der Waals surface area contributed by atoms with E-state index < -0.39 is 11.9 Å². The number of methoxy groups -OCH3 is 1.